The van der Waals surface area contributed by atoms with Gasteiger partial charge in [-0.1, -0.05) is 19.3 Å². The summed E-state index contributed by atoms with van der Waals surface area (Å²) < 4.78 is 12.6. The van der Waals surface area contributed by atoms with Crippen LogP contribution in [0.15, 0.2) is 0 Å². The van der Waals surface area contributed by atoms with Gasteiger partial charge in [0.15, 0.2) is 0 Å². The molecule has 1 saturated heterocycles. The Kier molecular flexibility index (Phi) is 3.87. The van der Waals surface area contributed by atoms with Crippen LogP contribution < -0.4 is 5.32 Å². The molecule has 3 heteroatoms. The molecule has 0 aromatic rings. The Balaban J connectivity index is 1.72. The highest BCUT2D eigenvalue weighted by Gasteiger charge is 2.50. The molecule has 0 radical (unpaired) electrons. The Morgan fingerprint density at radius 1 is 1.21 bits per heavy atom. The zero-order valence-electron chi connectivity index (χ0n) is 12.4. The van der Waals surface area contributed by atoms with E-state index in [1.807, 2.05) is 0 Å². The zero-order chi connectivity index (χ0) is 13.3. The highest BCUT2D eigenvalue weighted by molar-refractivity contribution is 5.09. The third kappa shape index (κ3) is 2.69. The highest BCUT2D eigenvalue weighted by Crippen LogP contribution is 2.45. The van der Waals surface area contributed by atoms with Gasteiger partial charge in [0.2, 0.25) is 0 Å². The van der Waals surface area contributed by atoms with E-state index in [2.05, 4.69) is 17.1 Å². The van der Waals surface area contributed by atoms with Crippen LogP contribution in [0, 0.1) is 5.92 Å². The van der Waals surface area contributed by atoms with Crippen molar-refractivity contribution in [2.24, 2.45) is 5.92 Å². The first-order chi connectivity index (χ1) is 9.19. The van der Waals surface area contributed by atoms with Crippen molar-refractivity contribution in [1.82, 2.24) is 10.2 Å². The van der Waals surface area contributed by atoms with Gasteiger partial charge in [0.1, 0.15) is 0 Å². The minimum Gasteiger partial charge on any atom is -0.308 e. The number of hydrogen-bond acceptors (Lipinski definition) is 2. The topological polar surface area (TPSA) is 15.3 Å². The third-order valence-corrected chi connectivity index (χ3v) is 5.84. The lowest BCUT2D eigenvalue weighted by molar-refractivity contribution is -0.0219. The summed E-state index contributed by atoms with van der Waals surface area (Å²) in [4.78, 5) is 2.67. The Morgan fingerprint density at radius 3 is 2.58 bits per heavy atom. The fraction of sp³-hybridized carbons (Fsp3) is 1.00. The number of nitrogens with one attached hydrogen (secondary N) is 1. The normalized spacial score (nSPS) is 35.7. The molecular weight excluding hydrogens is 239 g/mol. The van der Waals surface area contributed by atoms with Gasteiger partial charge in [-0.25, -0.2) is 0 Å². The van der Waals surface area contributed by atoms with Crippen molar-refractivity contribution in [2.75, 3.05) is 26.3 Å². The van der Waals surface area contributed by atoms with E-state index in [0.717, 1.165) is 25.6 Å². The predicted molar refractivity (Wildman–Crippen MR) is 77.1 cm³/mol. The molecule has 2 saturated carbocycles. The second kappa shape index (κ2) is 5.33. The van der Waals surface area contributed by atoms with Gasteiger partial charge in [-0.05, 0) is 44.9 Å². The molecule has 3 fully saturated rings. The van der Waals surface area contributed by atoms with Crippen molar-refractivity contribution in [3.05, 3.63) is 0 Å². The summed E-state index contributed by atoms with van der Waals surface area (Å²) in [5.41, 5.74) is 0.640. The maximum Gasteiger partial charge on any atom is 0.0906 e. The number of piperazine rings is 1. The van der Waals surface area contributed by atoms with E-state index in [0.29, 0.717) is 17.5 Å². The lowest BCUT2D eigenvalue weighted by atomic mass is 9.75. The van der Waals surface area contributed by atoms with Gasteiger partial charge < -0.3 is 5.32 Å². The molecule has 1 N–H and O–H groups in total. The minimum atomic E-state index is -0.167. The number of hydrogen-bond donors (Lipinski definition) is 1. The largest absolute Gasteiger partial charge is 0.308 e. The van der Waals surface area contributed by atoms with Crippen LogP contribution in [0.4, 0.5) is 4.39 Å². The molecule has 3 aliphatic rings. The van der Waals surface area contributed by atoms with Crippen LogP contribution in [0.1, 0.15) is 58.3 Å². The van der Waals surface area contributed by atoms with Crippen LogP contribution in [-0.4, -0.2) is 42.3 Å². The van der Waals surface area contributed by atoms with Crippen molar-refractivity contribution in [2.45, 2.75) is 69.4 Å². The second-order valence-electron chi connectivity index (χ2n) is 7.29. The number of halogens is 1. The molecular formula is C16H29FN2. The fourth-order valence-electron chi connectivity index (χ4n) is 4.36. The molecule has 1 atom stereocenters. The Bertz CT molecular complexity index is 310. The smallest absolute Gasteiger partial charge is 0.0906 e. The molecule has 0 bridgehead atoms. The van der Waals surface area contributed by atoms with E-state index in [-0.39, 0.29) is 6.67 Å². The number of nitrogens with zero attached hydrogens (tertiary/aromatic N) is 1. The van der Waals surface area contributed by atoms with E-state index in [9.17, 15) is 4.39 Å². The van der Waals surface area contributed by atoms with E-state index >= 15 is 0 Å². The molecule has 1 spiro atoms. The van der Waals surface area contributed by atoms with Gasteiger partial charge in [0.05, 0.1) is 6.67 Å². The van der Waals surface area contributed by atoms with Crippen LogP contribution in [0.2, 0.25) is 0 Å². The van der Waals surface area contributed by atoms with Gasteiger partial charge in [0, 0.05) is 30.7 Å². The average molecular weight is 268 g/mol. The van der Waals surface area contributed by atoms with E-state index in [1.54, 1.807) is 0 Å². The summed E-state index contributed by atoms with van der Waals surface area (Å²) in [5, 5.41) is 3.89. The standard InChI is InChI=1S/C16H29FN2/c1-15(14-6-7-14)13-19(11-5-10-17)16(12-18-15)8-3-2-4-9-16/h14,18H,2-13H2,1H3. The Morgan fingerprint density at radius 2 is 1.95 bits per heavy atom. The molecule has 110 valence electrons. The lowest BCUT2D eigenvalue weighted by Crippen LogP contribution is -2.70. The lowest BCUT2D eigenvalue weighted by Gasteiger charge is -2.56. The van der Waals surface area contributed by atoms with Gasteiger partial charge in [0.25, 0.3) is 0 Å². The summed E-state index contributed by atoms with van der Waals surface area (Å²) in [5.74, 6) is 0.862. The van der Waals surface area contributed by atoms with E-state index < -0.39 is 0 Å². The molecule has 19 heavy (non-hydrogen) atoms. The summed E-state index contributed by atoms with van der Waals surface area (Å²) in [6.45, 7) is 5.45. The summed E-state index contributed by atoms with van der Waals surface area (Å²) in [7, 11) is 0. The van der Waals surface area contributed by atoms with Crippen LogP contribution in [-0.2, 0) is 0 Å². The predicted octanol–water partition coefficient (Wildman–Crippen LogP) is 3.12. The van der Waals surface area contributed by atoms with Gasteiger partial charge in [-0.3, -0.25) is 9.29 Å². The van der Waals surface area contributed by atoms with Gasteiger partial charge in [-0.2, -0.15) is 0 Å². The quantitative estimate of drug-likeness (QED) is 0.843. The monoisotopic (exact) mass is 268 g/mol. The highest BCUT2D eigenvalue weighted by atomic mass is 19.1. The molecule has 0 aromatic heterocycles. The summed E-state index contributed by atoms with van der Waals surface area (Å²) >= 11 is 0. The first kappa shape index (κ1) is 13.8. The molecule has 0 amide bonds. The van der Waals surface area contributed by atoms with Crippen molar-refractivity contribution in [3.8, 4) is 0 Å². The number of alkyl halides is 1. The van der Waals surface area contributed by atoms with Gasteiger partial charge in [-0.15, -0.1) is 0 Å². The maximum absolute atomic E-state index is 12.6. The van der Waals surface area contributed by atoms with Crippen molar-refractivity contribution in [3.63, 3.8) is 0 Å². The van der Waals surface area contributed by atoms with Crippen LogP contribution in [0.5, 0.6) is 0 Å². The average Bonchev–Trinajstić information content (AvgIpc) is 3.26. The first-order valence-electron chi connectivity index (χ1n) is 8.25. The number of rotatable bonds is 4. The molecule has 1 heterocycles. The van der Waals surface area contributed by atoms with Crippen molar-refractivity contribution < 1.29 is 4.39 Å². The van der Waals surface area contributed by atoms with Crippen LogP contribution >= 0.6 is 0 Å². The molecule has 3 rings (SSSR count). The SMILES string of the molecule is CC1(C2CC2)CN(CCCF)C2(CCCCC2)CN1. The third-order valence-electron chi connectivity index (χ3n) is 5.84. The molecule has 2 aliphatic carbocycles. The van der Waals surface area contributed by atoms with E-state index in [1.165, 1.54) is 44.9 Å². The first-order valence-corrected chi connectivity index (χ1v) is 8.25. The molecule has 2 nitrogen and oxygen atoms in total. The fourth-order valence-corrected chi connectivity index (χ4v) is 4.36. The van der Waals surface area contributed by atoms with Gasteiger partial charge >= 0.3 is 0 Å². The van der Waals surface area contributed by atoms with E-state index in [4.69, 9.17) is 0 Å². The molecule has 1 unspecified atom stereocenters. The molecule has 0 aromatic carbocycles. The maximum atomic E-state index is 12.6. The minimum absolute atomic E-state index is 0.167. The molecule has 1 aliphatic heterocycles. The summed E-state index contributed by atoms with van der Waals surface area (Å²) in [6.07, 6.45) is 10.2. The van der Waals surface area contributed by atoms with Crippen molar-refractivity contribution >= 4 is 0 Å². The second-order valence-corrected chi connectivity index (χ2v) is 7.29. The Labute approximate surface area is 117 Å². The Hall–Kier alpha value is -0.150. The van der Waals surface area contributed by atoms with Crippen LogP contribution in [0.3, 0.4) is 0 Å². The summed E-state index contributed by atoms with van der Waals surface area (Å²) in [6, 6.07) is 0. The zero-order valence-corrected chi connectivity index (χ0v) is 12.4. The van der Waals surface area contributed by atoms with Crippen molar-refractivity contribution in [1.29, 1.82) is 0 Å². The van der Waals surface area contributed by atoms with Crippen LogP contribution in [0.25, 0.3) is 0 Å².